The summed E-state index contributed by atoms with van der Waals surface area (Å²) in [6.07, 6.45) is 4.46. The van der Waals surface area contributed by atoms with Crippen LogP contribution in [-0.2, 0) is 4.79 Å². The summed E-state index contributed by atoms with van der Waals surface area (Å²) in [5.74, 6) is 0.727. The second kappa shape index (κ2) is 8.11. The van der Waals surface area contributed by atoms with Crippen LogP contribution in [0.3, 0.4) is 0 Å². The first-order chi connectivity index (χ1) is 12.5. The van der Waals surface area contributed by atoms with Gasteiger partial charge >= 0.3 is 0 Å². The topological polar surface area (TPSA) is 52.7 Å². The fraction of sp³-hybridized carbons (Fsp3) is 0.619. The highest BCUT2D eigenvalue weighted by Gasteiger charge is 2.26. The van der Waals surface area contributed by atoms with E-state index in [9.17, 15) is 9.59 Å². The van der Waals surface area contributed by atoms with Gasteiger partial charge in [0.1, 0.15) is 0 Å². The number of benzene rings is 1. The largest absolute Gasteiger partial charge is 0.371 e. The normalized spacial score (nSPS) is 18.5. The van der Waals surface area contributed by atoms with Gasteiger partial charge in [-0.3, -0.25) is 9.59 Å². The zero-order valence-corrected chi connectivity index (χ0v) is 16.3. The first-order valence-corrected chi connectivity index (χ1v) is 9.95. The summed E-state index contributed by atoms with van der Waals surface area (Å²) >= 11 is 0. The Hall–Kier alpha value is -2.04. The molecule has 5 heteroatoms. The first kappa shape index (κ1) is 18.7. The second-order valence-corrected chi connectivity index (χ2v) is 8.04. The summed E-state index contributed by atoms with van der Waals surface area (Å²) in [5, 5.41) is 2.94. The number of nitrogens with zero attached hydrogens (tertiary/aromatic N) is 2. The standard InChI is InChI=1S/C21H31N3O2/c1-15(2)20(25)22-17-6-7-19(23-12-8-16(3)9-13-23)18(14-17)21(26)24-10-4-5-11-24/h6-7,14-16H,4-5,8-13H2,1-3H3,(H,22,25). The molecule has 5 nitrogen and oxygen atoms in total. The minimum atomic E-state index is -0.0870. The van der Waals surface area contributed by atoms with E-state index >= 15 is 0 Å². The Kier molecular flexibility index (Phi) is 5.84. The lowest BCUT2D eigenvalue weighted by Gasteiger charge is -2.34. The van der Waals surface area contributed by atoms with Gasteiger partial charge in [0.2, 0.25) is 5.91 Å². The highest BCUT2D eigenvalue weighted by molar-refractivity contribution is 6.02. The van der Waals surface area contributed by atoms with E-state index < -0.39 is 0 Å². The Labute approximate surface area is 156 Å². The van der Waals surface area contributed by atoms with Gasteiger partial charge in [0.25, 0.3) is 5.91 Å². The number of amides is 2. The highest BCUT2D eigenvalue weighted by Crippen LogP contribution is 2.30. The molecule has 3 rings (SSSR count). The maximum absolute atomic E-state index is 13.1. The third kappa shape index (κ3) is 4.19. The minimum absolute atomic E-state index is 0.0240. The monoisotopic (exact) mass is 357 g/mol. The van der Waals surface area contributed by atoms with Crippen molar-refractivity contribution in [3.8, 4) is 0 Å². The molecule has 0 unspecified atom stereocenters. The lowest BCUT2D eigenvalue weighted by Crippen LogP contribution is -2.35. The van der Waals surface area contributed by atoms with E-state index in [0.29, 0.717) is 5.69 Å². The van der Waals surface area contributed by atoms with Gasteiger partial charge in [0, 0.05) is 43.5 Å². The van der Waals surface area contributed by atoms with Gasteiger partial charge in [-0.1, -0.05) is 20.8 Å². The Morgan fingerprint density at radius 1 is 1.08 bits per heavy atom. The first-order valence-electron chi connectivity index (χ1n) is 9.95. The van der Waals surface area contributed by atoms with Crippen LogP contribution in [0.5, 0.6) is 0 Å². The fourth-order valence-corrected chi connectivity index (χ4v) is 3.69. The van der Waals surface area contributed by atoms with Crippen molar-refractivity contribution < 1.29 is 9.59 Å². The third-order valence-corrected chi connectivity index (χ3v) is 5.54. The van der Waals surface area contributed by atoms with Crippen LogP contribution in [0.15, 0.2) is 18.2 Å². The number of hydrogen-bond acceptors (Lipinski definition) is 3. The second-order valence-electron chi connectivity index (χ2n) is 8.04. The van der Waals surface area contributed by atoms with E-state index in [2.05, 4.69) is 17.1 Å². The molecule has 2 fully saturated rings. The summed E-state index contributed by atoms with van der Waals surface area (Å²) in [4.78, 5) is 29.5. The number of hydrogen-bond donors (Lipinski definition) is 1. The van der Waals surface area contributed by atoms with E-state index in [0.717, 1.165) is 69.0 Å². The van der Waals surface area contributed by atoms with E-state index in [4.69, 9.17) is 0 Å². The van der Waals surface area contributed by atoms with Crippen molar-refractivity contribution in [3.05, 3.63) is 23.8 Å². The van der Waals surface area contributed by atoms with Crippen molar-refractivity contribution >= 4 is 23.2 Å². The molecule has 0 atom stereocenters. The molecule has 0 aromatic heterocycles. The van der Waals surface area contributed by atoms with E-state index in [1.54, 1.807) is 0 Å². The molecule has 2 amide bonds. The summed E-state index contributed by atoms with van der Waals surface area (Å²) in [5.41, 5.74) is 2.44. The van der Waals surface area contributed by atoms with Crippen LogP contribution in [0, 0.1) is 11.8 Å². The average molecular weight is 357 g/mol. The molecule has 0 spiro atoms. The quantitative estimate of drug-likeness (QED) is 0.893. The van der Waals surface area contributed by atoms with Gasteiger partial charge in [-0.15, -0.1) is 0 Å². The van der Waals surface area contributed by atoms with Crippen molar-refractivity contribution in [1.82, 2.24) is 4.90 Å². The molecule has 0 aliphatic carbocycles. The maximum Gasteiger partial charge on any atom is 0.256 e. The van der Waals surface area contributed by atoms with Gasteiger partial charge < -0.3 is 15.1 Å². The number of rotatable bonds is 4. The van der Waals surface area contributed by atoms with Crippen LogP contribution < -0.4 is 10.2 Å². The summed E-state index contributed by atoms with van der Waals surface area (Å²) in [6, 6.07) is 5.80. The van der Waals surface area contributed by atoms with Crippen molar-refractivity contribution in [1.29, 1.82) is 0 Å². The number of anilines is 2. The lowest BCUT2D eigenvalue weighted by atomic mass is 9.97. The van der Waals surface area contributed by atoms with Gasteiger partial charge in [-0.05, 0) is 49.8 Å². The molecule has 2 saturated heterocycles. The van der Waals surface area contributed by atoms with Crippen molar-refractivity contribution in [2.45, 2.75) is 46.5 Å². The van der Waals surface area contributed by atoms with Crippen LogP contribution in [0.25, 0.3) is 0 Å². The van der Waals surface area contributed by atoms with E-state index in [1.807, 2.05) is 36.9 Å². The summed E-state index contributed by atoms with van der Waals surface area (Å²) in [6.45, 7) is 9.66. The van der Waals surface area contributed by atoms with Crippen LogP contribution in [0.2, 0.25) is 0 Å². The van der Waals surface area contributed by atoms with Crippen molar-refractivity contribution in [2.75, 3.05) is 36.4 Å². The van der Waals surface area contributed by atoms with Crippen LogP contribution in [0.4, 0.5) is 11.4 Å². The molecule has 1 aromatic carbocycles. The average Bonchev–Trinajstić information content (AvgIpc) is 3.16. The van der Waals surface area contributed by atoms with Gasteiger partial charge in [-0.25, -0.2) is 0 Å². The fourth-order valence-electron chi connectivity index (χ4n) is 3.69. The Balaban J connectivity index is 1.89. The zero-order chi connectivity index (χ0) is 18.7. The molecule has 2 heterocycles. The molecule has 142 valence electrons. The van der Waals surface area contributed by atoms with Gasteiger partial charge in [0.15, 0.2) is 0 Å². The highest BCUT2D eigenvalue weighted by atomic mass is 16.2. The number of nitrogens with one attached hydrogen (secondary N) is 1. The number of carbonyl (C=O) groups is 2. The maximum atomic E-state index is 13.1. The van der Waals surface area contributed by atoms with Crippen molar-refractivity contribution in [2.24, 2.45) is 11.8 Å². The minimum Gasteiger partial charge on any atom is -0.371 e. The molecule has 1 N–H and O–H groups in total. The van der Waals surface area contributed by atoms with Crippen LogP contribution >= 0.6 is 0 Å². The smallest absolute Gasteiger partial charge is 0.256 e. The summed E-state index contributed by atoms with van der Waals surface area (Å²) < 4.78 is 0. The number of piperidine rings is 1. The Morgan fingerprint density at radius 3 is 2.35 bits per heavy atom. The van der Waals surface area contributed by atoms with E-state index in [1.165, 1.54) is 0 Å². The third-order valence-electron chi connectivity index (χ3n) is 5.54. The molecule has 2 aliphatic rings. The SMILES string of the molecule is CC1CCN(c2ccc(NC(=O)C(C)C)cc2C(=O)N2CCCC2)CC1. The molecular formula is C21H31N3O2. The zero-order valence-electron chi connectivity index (χ0n) is 16.3. The molecular weight excluding hydrogens is 326 g/mol. The molecule has 0 saturated carbocycles. The summed E-state index contributed by atoms with van der Waals surface area (Å²) in [7, 11) is 0. The number of likely N-dealkylation sites (tertiary alicyclic amines) is 1. The van der Waals surface area contributed by atoms with Gasteiger partial charge in [0.05, 0.1) is 5.56 Å². The molecule has 0 bridgehead atoms. The lowest BCUT2D eigenvalue weighted by molar-refractivity contribution is -0.118. The van der Waals surface area contributed by atoms with Crippen LogP contribution in [0.1, 0.15) is 56.8 Å². The Bertz CT molecular complexity index is 657. The van der Waals surface area contributed by atoms with E-state index in [-0.39, 0.29) is 17.7 Å². The molecule has 0 radical (unpaired) electrons. The molecule has 1 aromatic rings. The van der Waals surface area contributed by atoms with Gasteiger partial charge in [-0.2, -0.15) is 0 Å². The Morgan fingerprint density at radius 2 is 1.73 bits per heavy atom. The molecule has 2 aliphatic heterocycles. The number of carbonyl (C=O) groups excluding carboxylic acids is 2. The predicted molar refractivity (Wildman–Crippen MR) is 106 cm³/mol. The molecule has 26 heavy (non-hydrogen) atoms. The van der Waals surface area contributed by atoms with Crippen LogP contribution in [-0.4, -0.2) is 42.9 Å². The van der Waals surface area contributed by atoms with Crippen molar-refractivity contribution in [3.63, 3.8) is 0 Å². The predicted octanol–water partition coefficient (Wildman–Crippen LogP) is 3.75.